The Morgan fingerprint density at radius 3 is 2.64 bits per heavy atom. The molecule has 0 aromatic carbocycles. The molecule has 4 heteroatoms. The summed E-state index contributed by atoms with van der Waals surface area (Å²) in [5, 5.41) is 4.09. The predicted octanol–water partition coefficient (Wildman–Crippen LogP) is 2.32. The summed E-state index contributed by atoms with van der Waals surface area (Å²) in [6, 6.07) is 0. The Bertz CT molecular complexity index is 247. The van der Waals surface area contributed by atoms with E-state index in [4.69, 9.17) is 0 Å². The maximum absolute atomic E-state index is 12.0. The highest BCUT2D eigenvalue weighted by atomic mass is 79.9. The number of hydrogen-bond acceptors (Lipinski definition) is 2. The van der Waals surface area contributed by atoms with Crippen LogP contribution in [0.25, 0.3) is 0 Å². The number of nitrogens with one attached hydrogen (secondary N) is 1. The molecule has 0 radical (unpaired) electrons. The van der Waals surface area contributed by atoms with Crippen LogP contribution in [0.15, 0.2) is 0 Å². The van der Waals surface area contributed by atoms with Crippen molar-refractivity contribution in [3.05, 3.63) is 0 Å². The third-order valence-corrected chi connectivity index (χ3v) is 5.78. The first-order valence-corrected chi connectivity index (χ1v) is 7.24. The van der Waals surface area contributed by atoms with Crippen molar-refractivity contribution >= 4 is 33.6 Å². The fourth-order valence-electron chi connectivity index (χ4n) is 1.77. The average molecular weight is 278 g/mol. The van der Waals surface area contributed by atoms with E-state index >= 15 is 0 Å². The Hall–Kier alpha value is 0.300. The fraction of sp³-hybridized carbons (Fsp3) is 0.900. The van der Waals surface area contributed by atoms with Gasteiger partial charge in [-0.15, -0.1) is 11.8 Å². The van der Waals surface area contributed by atoms with Crippen molar-refractivity contribution in [1.29, 1.82) is 0 Å². The van der Waals surface area contributed by atoms with Crippen LogP contribution < -0.4 is 5.32 Å². The van der Waals surface area contributed by atoms with Crippen molar-refractivity contribution in [2.45, 2.75) is 42.9 Å². The minimum atomic E-state index is -0.155. The van der Waals surface area contributed by atoms with Gasteiger partial charge in [0.15, 0.2) is 0 Å². The van der Waals surface area contributed by atoms with Gasteiger partial charge < -0.3 is 5.32 Å². The molecule has 0 aromatic heterocycles. The molecule has 80 valence electrons. The number of alkyl halides is 1. The van der Waals surface area contributed by atoms with E-state index in [0.29, 0.717) is 0 Å². The topological polar surface area (TPSA) is 29.1 Å². The highest BCUT2D eigenvalue weighted by Crippen LogP contribution is 2.41. The van der Waals surface area contributed by atoms with Gasteiger partial charge in [0.05, 0.1) is 4.75 Å². The number of carbonyl (C=O) groups excluding carboxylic acids is 1. The van der Waals surface area contributed by atoms with E-state index in [1.165, 1.54) is 6.42 Å². The van der Waals surface area contributed by atoms with Crippen molar-refractivity contribution in [1.82, 2.24) is 5.32 Å². The second-order valence-corrected chi connectivity index (χ2v) is 6.71. The Balaban J connectivity index is 1.95. The Labute approximate surface area is 97.7 Å². The monoisotopic (exact) mass is 277 g/mol. The van der Waals surface area contributed by atoms with Crippen LogP contribution in [0.3, 0.4) is 0 Å². The number of rotatable bonds is 3. The van der Waals surface area contributed by atoms with Crippen LogP contribution in [0.1, 0.15) is 32.6 Å². The standard InChI is InChI=1S/C10H16BrNOS/c1-9(3-2-6-14-9)8(13)12-10(7-11)4-5-10/h2-7H2,1H3,(H,12,13). The summed E-state index contributed by atoms with van der Waals surface area (Å²) >= 11 is 5.27. The van der Waals surface area contributed by atoms with E-state index in [0.717, 1.165) is 30.3 Å². The summed E-state index contributed by atoms with van der Waals surface area (Å²) in [6.45, 7) is 2.07. The minimum Gasteiger partial charge on any atom is -0.349 e. The van der Waals surface area contributed by atoms with E-state index < -0.39 is 0 Å². The number of halogens is 1. The van der Waals surface area contributed by atoms with E-state index in [1.807, 2.05) is 0 Å². The van der Waals surface area contributed by atoms with Crippen molar-refractivity contribution in [2.24, 2.45) is 0 Å². The summed E-state index contributed by atoms with van der Waals surface area (Å²) in [5.74, 6) is 1.38. The quantitative estimate of drug-likeness (QED) is 0.803. The van der Waals surface area contributed by atoms with E-state index in [2.05, 4.69) is 28.2 Å². The van der Waals surface area contributed by atoms with Gasteiger partial charge in [0, 0.05) is 10.9 Å². The number of thioether (sulfide) groups is 1. The van der Waals surface area contributed by atoms with Gasteiger partial charge in [-0.05, 0) is 38.4 Å². The van der Waals surface area contributed by atoms with Gasteiger partial charge in [0.1, 0.15) is 0 Å². The molecule has 2 rings (SSSR count). The molecule has 0 spiro atoms. The van der Waals surface area contributed by atoms with Gasteiger partial charge in [-0.3, -0.25) is 4.79 Å². The van der Waals surface area contributed by atoms with Crippen LogP contribution in [0, 0.1) is 0 Å². The van der Waals surface area contributed by atoms with Gasteiger partial charge in [-0.25, -0.2) is 0 Å². The molecule has 1 unspecified atom stereocenters. The Kier molecular flexibility index (Phi) is 2.86. The summed E-state index contributed by atoms with van der Waals surface area (Å²) in [6.07, 6.45) is 4.47. The zero-order valence-corrected chi connectivity index (χ0v) is 10.8. The SMILES string of the molecule is CC1(C(=O)NC2(CBr)CC2)CCCS1. The van der Waals surface area contributed by atoms with E-state index in [1.54, 1.807) is 11.8 Å². The van der Waals surface area contributed by atoms with Gasteiger partial charge >= 0.3 is 0 Å². The normalized spacial score (nSPS) is 34.1. The highest BCUT2D eigenvalue weighted by Gasteiger charge is 2.47. The van der Waals surface area contributed by atoms with Crippen LogP contribution >= 0.6 is 27.7 Å². The summed E-state index contributed by atoms with van der Waals surface area (Å²) in [4.78, 5) is 12.0. The van der Waals surface area contributed by atoms with Crippen molar-refractivity contribution in [3.8, 4) is 0 Å². The van der Waals surface area contributed by atoms with Crippen LogP contribution in [0.2, 0.25) is 0 Å². The lowest BCUT2D eigenvalue weighted by molar-refractivity contribution is -0.123. The van der Waals surface area contributed by atoms with Crippen molar-refractivity contribution in [3.63, 3.8) is 0 Å². The first kappa shape index (κ1) is 10.8. The molecule has 14 heavy (non-hydrogen) atoms. The first-order chi connectivity index (χ1) is 6.60. The molecule has 1 aliphatic carbocycles. The van der Waals surface area contributed by atoms with Crippen LogP contribution in [0.5, 0.6) is 0 Å². The molecule has 1 saturated carbocycles. The lowest BCUT2D eigenvalue weighted by Crippen LogP contribution is -2.47. The molecule has 2 fully saturated rings. The molecule has 2 aliphatic rings. The number of amides is 1. The average Bonchev–Trinajstić information content (AvgIpc) is 2.80. The fourth-order valence-corrected chi connectivity index (χ4v) is 3.69. The molecular weight excluding hydrogens is 262 g/mol. The molecule has 1 saturated heterocycles. The van der Waals surface area contributed by atoms with Crippen molar-refractivity contribution in [2.75, 3.05) is 11.1 Å². The maximum atomic E-state index is 12.0. The molecular formula is C10H16BrNOS. The Morgan fingerprint density at radius 2 is 2.21 bits per heavy atom. The maximum Gasteiger partial charge on any atom is 0.236 e. The molecule has 1 heterocycles. The van der Waals surface area contributed by atoms with Crippen LogP contribution in [-0.4, -0.2) is 27.3 Å². The zero-order valence-electron chi connectivity index (χ0n) is 8.44. The zero-order chi connectivity index (χ0) is 10.2. The summed E-state index contributed by atoms with van der Waals surface area (Å²) in [7, 11) is 0. The molecule has 1 atom stereocenters. The molecule has 1 N–H and O–H groups in total. The smallest absolute Gasteiger partial charge is 0.236 e. The second kappa shape index (κ2) is 3.71. The van der Waals surface area contributed by atoms with Gasteiger partial charge in [0.25, 0.3) is 0 Å². The molecule has 0 bridgehead atoms. The third-order valence-electron chi connectivity index (χ3n) is 3.19. The highest BCUT2D eigenvalue weighted by molar-refractivity contribution is 9.09. The van der Waals surface area contributed by atoms with E-state index in [9.17, 15) is 4.79 Å². The lowest BCUT2D eigenvalue weighted by atomic mass is 10.0. The lowest BCUT2D eigenvalue weighted by Gasteiger charge is -2.25. The van der Waals surface area contributed by atoms with Gasteiger partial charge in [0.2, 0.25) is 5.91 Å². The largest absolute Gasteiger partial charge is 0.349 e. The predicted molar refractivity (Wildman–Crippen MR) is 64.0 cm³/mol. The molecule has 0 aromatic rings. The summed E-state index contributed by atoms with van der Waals surface area (Å²) < 4.78 is -0.155. The third kappa shape index (κ3) is 1.96. The molecule has 2 nitrogen and oxygen atoms in total. The number of hydrogen-bond donors (Lipinski definition) is 1. The Morgan fingerprint density at radius 1 is 1.50 bits per heavy atom. The first-order valence-electron chi connectivity index (χ1n) is 5.13. The van der Waals surface area contributed by atoms with Crippen LogP contribution in [0.4, 0.5) is 0 Å². The summed E-state index contributed by atoms with van der Waals surface area (Å²) in [5.41, 5.74) is 0.100. The van der Waals surface area contributed by atoms with Gasteiger partial charge in [-0.2, -0.15) is 0 Å². The molecule has 1 amide bonds. The van der Waals surface area contributed by atoms with Gasteiger partial charge in [-0.1, -0.05) is 15.9 Å². The second-order valence-electron chi connectivity index (χ2n) is 4.55. The number of carbonyl (C=O) groups is 1. The minimum absolute atomic E-state index is 0.100. The van der Waals surface area contributed by atoms with E-state index in [-0.39, 0.29) is 16.2 Å². The molecule has 1 aliphatic heterocycles. The van der Waals surface area contributed by atoms with Crippen LogP contribution in [-0.2, 0) is 4.79 Å². The van der Waals surface area contributed by atoms with Crippen molar-refractivity contribution < 1.29 is 4.79 Å².